The third kappa shape index (κ3) is 7.06. The van der Waals surface area contributed by atoms with Gasteiger partial charge < -0.3 is 19.5 Å². The second kappa shape index (κ2) is 13.3. The van der Waals surface area contributed by atoms with Gasteiger partial charge in [-0.15, -0.1) is 11.3 Å². The van der Waals surface area contributed by atoms with Gasteiger partial charge in [0.15, 0.2) is 0 Å². The molecule has 0 spiro atoms. The lowest BCUT2D eigenvalue weighted by Crippen LogP contribution is -2.40. The average Bonchev–Trinajstić information content (AvgIpc) is 3.35. The second-order valence-electron chi connectivity index (χ2n) is 11.6. The molecule has 2 aliphatic heterocycles. The number of hydrogen-bond donors (Lipinski definition) is 1. The molecule has 5 nitrogen and oxygen atoms in total. The molecular weight excluding hydrogens is 528 g/mol. The molecule has 1 atom stereocenters. The molecule has 3 heterocycles. The lowest BCUT2D eigenvalue weighted by molar-refractivity contribution is 0.125. The number of benzene rings is 3. The van der Waals surface area contributed by atoms with E-state index in [1.165, 1.54) is 78.6 Å². The number of ether oxygens (including phenoxy) is 2. The van der Waals surface area contributed by atoms with E-state index in [9.17, 15) is 5.11 Å². The van der Waals surface area contributed by atoms with Crippen molar-refractivity contribution in [2.45, 2.75) is 51.0 Å². The Labute approximate surface area is 248 Å². The largest absolute Gasteiger partial charge is 0.508 e. The van der Waals surface area contributed by atoms with Crippen LogP contribution in [0.2, 0.25) is 0 Å². The molecule has 2 saturated heterocycles. The Morgan fingerprint density at radius 3 is 2.34 bits per heavy atom. The first-order chi connectivity index (χ1) is 20.1. The molecule has 2 aliphatic rings. The fraction of sp³-hybridized carbons (Fsp3) is 0.429. The quantitative estimate of drug-likeness (QED) is 0.213. The van der Waals surface area contributed by atoms with Gasteiger partial charge in [0.2, 0.25) is 0 Å². The smallest absolute Gasteiger partial charge is 0.119 e. The predicted octanol–water partition coefficient (Wildman–Crippen LogP) is 7.59. The summed E-state index contributed by atoms with van der Waals surface area (Å²) in [6.45, 7) is 6.03. The van der Waals surface area contributed by atoms with Crippen molar-refractivity contribution in [2.75, 3.05) is 46.4 Å². The summed E-state index contributed by atoms with van der Waals surface area (Å²) < 4.78 is 13.4. The van der Waals surface area contributed by atoms with Crippen molar-refractivity contribution in [3.8, 4) is 27.7 Å². The summed E-state index contributed by atoms with van der Waals surface area (Å²) >= 11 is 1.74. The molecule has 2 fully saturated rings. The molecule has 216 valence electrons. The Balaban J connectivity index is 1.15. The average molecular weight is 571 g/mol. The van der Waals surface area contributed by atoms with Crippen LogP contribution in [0.4, 0.5) is 0 Å². The lowest BCUT2D eigenvalue weighted by Gasteiger charge is -2.32. The Kier molecular flexibility index (Phi) is 9.10. The number of aromatic hydroxyl groups is 1. The van der Waals surface area contributed by atoms with Gasteiger partial charge in [-0.2, -0.15) is 0 Å². The highest BCUT2D eigenvalue weighted by atomic mass is 32.1. The number of hydrogen-bond acceptors (Lipinski definition) is 6. The van der Waals surface area contributed by atoms with Crippen LogP contribution in [0.15, 0.2) is 66.7 Å². The maximum atomic E-state index is 10.2. The van der Waals surface area contributed by atoms with Gasteiger partial charge >= 0.3 is 0 Å². The van der Waals surface area contributed by atoms with Gasteiger partial charge in [0, 0.05) is 22.2 Å². The van der Waals surface area contributed by atoms with Crippen LogP contribution in [0, 0.1) is 0 Å². The van der Waals surface area contributed by atoms with E-state index in [-0.39, 0.29) is 0 Å². The minimum atomic E-state index is 0.305. The number of likely N-dealkylation sites (tertiary alicyclic amines) is 2. The van der Waals surface area contributed by atoms with Crippen molar-refractivity contribution >= 4 is 21.4 Å². The van der Waals surface area contributed by atoms with Crippen LogP contribution in [0.5, 0.6) is 17.2 Å². The molecule has 0 bridgehead atoms. The molecule has 0 saturated carbocycles. The van der Waals surface area contributed by atoms with E-state index in [1.807, 2.05) is 6.07 Å². The van der Waals surface area contributed by atoms with Gasteiger partial charge in [0.05, 0.1) is 0 Å². The first kappa shape index (κ1) is 28.1. The summed E-state index contributed by atoms with van der Waals surface area (Å²) in [6, 6.07) is 23.3. The van der Waals surface area contributed by atoms with Crippen LogP contribution in [-0.2, 0) is 6.42 Å². The van der Waals surface area contributed by atoms with Crippen LogP contribution >= 0.6 is 11.3 Å². The highest BCUT2D eigenvalue weighted by molar-refractivity contribution is 7.22. The summed E-state index contributed by atoms with van der Waals surface area (Å²) in [7, 11) is 2.20. The maximum absolute atomic E-state index is 10.2. The number of thiophene rings is 1. The van der Waals surface area contributed by atoms with Gasteiger partial charge in [-0.3, -0.25) is 4.90 Å². The zero-order valence-corrected chi connectivity index (χ0v) is 25.0. The van der Waals surface area contributed by atoms with Crippen molar-refractivity contribution in [1.29, 1.82) is 0 Å². The number of likely N-dealkylation sites (N-methyl/N-ethyl adjacent to an activating group) is 1. The maximum Gasteiger partial charge on any atom is 0.119 e. The molecular formula is C35H42N2O3S. The van der Waals surface area contributed by atoms with E-state index in [1.54, 1.807) is 17.4 Å². The van der Waals surface area contributed by atoms with Gasteiger partial charge in [-0.25, -0.2) is 0 Å². The Morgan fingerprint density at radius 1 is 0.829 bits per heavy atom. The summed E-state index contributed by atoms with van der Waals surface area (Å²) in [5.74, 6) is 2.16. The zero-order chi connectivity index (χ0) is 28.0. The van der Waals surface area contributed by atoms with E-state index >= 15 is 0 Å². The SMILES string of the molecule is CN1CCCCC1COc1ccc(-c2sc3cc(O)ccc3c2Cc2ccc(OCCN3CCCCC3)cc2)cc1. The number of phenols is 1. The molecule has 0 radical (unpaired) electrons. The van der Waals surface area contributed by atoms with Crippen LogP contribution in [-0.4, -0.2) is 67.4 Å². The van der Waals surface area contributed by atoms with E-state index in [0.29, 0.717) is 11.8 Å². The first-order valence-corrected chi connectivity index (χ1v) is 16.1. The summed E-state index contributed by atoms with van der Waals surface area (Å²) in [5, 5.41) is 11.4. The number of nitrogens with zero attached hydrogens (tertiary/aromatic N) is 2. The van der Waals surface area contributed by atoms with Crippen LogP contribution < -0.4 is 9.47 Å². The standard InChI is InChI=1S/C35H42N2O3S/c1-36-18-6-3-7-28(36)25-40-31-15-10-27(11-16-31)35-33(32-17-12-29(38)24-34(32)41-35)23-26-8-13-30(14-9-26)39-22-21-37-19-4-2-5-20-37/h8-17,24,28,38H,2-7,18-23,25H2,1H3. The Morgan fingerprint density at radius 2 is 1.56 bits per heavy atom. The van der Waals surface area contributed by atoms with Crippen molar-refractivity contribution < 1.29 is 14.6 Å². The lowest BCUT2D eigenvalue weighted by atomic mass is 9.99. The van der Waals surface area contributed by atoms with Gasteiger partial charge in [-0.1, -0.05) is 25.0 Å². The van der Waals surface area contributed by atoms with Gasteiger partial charge in [0.25, 0.3) is 0 Å². The normalized spacial score (nSPS) is 18.5. The topological polar surface area (TPSA) is 45.2 Å². The third-order valence-corrected chi connectivity index (χ3v) is 9.93. The van der Waals surface area contributed by atoms with E-state index < -0.39 is 0 Å². The zero-order valence-electron chi connectivity index (χ0n) is 24.2. The molecule has 4 aromatic rings. The molecule has 6 heteroatoms. The highest BCUT2D eigenvalue weighted by Crippen LogP contribution is 2.41. The predicted molar refractivity (Wildman–Crippen MR) is 170 cm³/mol. The Hall–Kier alpha value is -3.06. The number of rotatable bonds is 10. The fourth-order valence-corrected chi connectivity index (χ4v) is 7.44. The highest BCUT2D eigenvalue weighted by Gasteiger charge is 2.20. The number of fused-ring (bicyclic) bond motifs is 1. The minimum Gasteiger partial charge on any atom is -0.508 e. The molecule has 1 N–H and O–H groups in total. The van der Waals surface area contributed by atoms with Gasteiger partial charge in [0.1, 0.15) is 30.5 Å². The van der Waals surface area contributed by atoms with Crippen molar-refractivity contribution in [1.82, 2.24) is 9.80 Å². The van der Waals surface area contributed by atoms with Crippen LogP contribution in [0.1, 0.15) is 49.7 Å². The molecule has 0 aliphatic carbocycles. The summed E-state index contributed by atoms with van der Waals surface area (Å²) in [6.07, 6.45) is 8.58. The van der Waals surface area contributed by atoms with Crippen molar-refractivity contribution in [3.63, 3.8) is 0 Å². The molecule has 0 amide bonds. The summed E-state index contributed by atoms with van der Waals surface area (Å²) in [5.41, 5.74) is 3.72. The van der Waals surface area contributed by atoms with Crippen LogP contribution in [0.3, 0.4) is 0 Å². The number of piperidine rings is 2. The fourth-order valence-electron chi connectivity index (χ4n) is 6.18. The number of phenolic OH excluding ortho intramolecular Hbond substituents is 1. The van der Waals surface area contributed by atoms with E-state index in [0.717, 1.165) is 48.9 Å². The molecule has 1 unspecified atom stereocenters. The van der Waals surface area contributed by atoms with Gasteiger partial charge in [-0.05, 0) is 135 Å². The minimum absolute atomic E-state index is 0.305. The molecule has 1 aromatic heterocycles. The molecule has 6 rings (SSSR count). The van der Waals surface area contributed by atoms with Crippen molar-refractivity contribution in [2.24, 2.45) is 0 Å². The molecule has 3 aromatic carbocycles. The van der Waals surface area contributed by atoms with E-state index in [2.05, 4.69) is 71.4 Å². The molecule has 41 heavy (non-hydrogen) atoms. The Bertz CT molecular complexity index is 1410. The van der Waals surface area contributed by atoms with Crippen LogP contribution in [0.25, 0.3) is 20.5 Å². The van der Waals surface area contributed by atoms with Crippen molar-refractivity contribution in [3.05, 3.63) is 77.9 Å². The second-order valence-corrected chi connectivity index (χ2v) is 12.7. The first-order valence-electron chi connectivity index (χ1n) is 15.2. The third-order valence-electron chi connectivity index (χ3n) is 8.69. The van der Waals surface area contributed by atoms with E-state index in [4.69, 9.17) is 9.47 Å². The monoisotopic (exact) mass is 570 g/mol. The summed E-state index contributed by atoms with van der Waals surface area (Å²) in [4.78, 5) is 6.17.